The van der Waals surface area contributed by atoms with Crippen molar-refractivity contribution in [2.24, 2.45) is 5.92 Å². The third kappa shape index (κ3) is 3.18. The summed E-state index contributed by atoms with van der Waals surface area (Å²) in [5, 5.41) is 14.4. The molecule has 9 heteroatoms. The number of aliphatic hydroxyl groups excluding tert-OH is 1. The maximum atomic E-state index is 13.3. The van der Waals surface area contributed by atoms with Gasteiger partial charge in [0.25, 0.3) is 5.89 Å². The van der Waals surface area contributed by atoms with Gasteiger partial charge >= 0.3 is 0 Å². The number of aromatic nitrogens is 2. The van der Waals surface area contributed by atoms with Crippen molar-refractivity contribution in [2.75, 3.05) is 13.7 Å². The second kappa shape index (κ2) is 7.37. The summed E-state index contributed by atoms with van der Waals surface area (Å²) < 4.78 is 16.4. The normalized spacial score (nSPS) is 31.0. The Morgan fingerprint density at radius 1 is 1.39 bits per heavy atom. The van der Waals surface area contributed by atoms with Crippen molar-refractivity contribution < 1.29 is 28.7 Å². The molecule has 148 valence electrons. The first kappa shape index (κ1) is 20.0. The van der Waals surface area contributed by atoms with Crippen molar-refractivity contribution in [3.63, 3.8) is 0 Å². The predicted molar refractivity (Wildman–Crippen MR) is 99.2 cm³/mol. The number of aryl methyl sites for hydroxylation is 1. The van der Waals surface area contributed by atoms with Gasteiger partial charge in [0.05, 0.1) is 29.9 Å². The van der Waals surface area contributed by atoms with Gasteiger partial charge < -0.3 is 19.1 Å². The van der Waals surface area contributed by atoms with Gasteiger partial charge in [-0.05, 0) is 13.0 Å². The average molecular weight is 407 g/mol. The van der Waals surface area contributed by atoms with Crippen molar-refractivity contribution in [3.05, 3.63) is 52.6 Å². The summed E-state index contributed by atoms with van der Waals surface area (Å²) in [4.78, 5) is 29.3. The lowest BCUT2D eigenvalue weighted by Crippen LogP contribution is -2.52. The number of hydrogen-bond acceptors (Lipinski definition) is 8. The smallest absolute Gasteiger partial charge is 0.259 e. The second-order valence-electron chi connectivity index (χ2n) is 6.61. The highest BCUT2D eigenvalue weighted by atomic mass is 35.5. The molecule has 2 aliphatic rings. The fourth-order valence-electron chi connectivity index (χ4n) is 3.29. The van der Waals surface area contributed by atoms with Crippen molar-refractivity contribution in [1.82, 2.24) is 10.1 Å². The van der Waals surface area contributed by atoms with E-state index in [1.54, 1.807) is 13.8 Å². The summed E-state index contributed by atoms with van der Waals surface area (Å²) in [6, 6.07) is 0. The van der Waals surface area contributed by atoms with E-state index in [9.17, 15) is 14.7 Å². The molecule has 0 saturated carbocycles. The number of nitrogens with zero attached hydrogens (tertiary/aromatic N) is 2. The van der Waals surface area contributed by atoms with Crippen LogP contribution in [0.5, 0.6) is 0 Å². The van der Waals surface area contributed by atoms with Crippen LogP contribution >= 0.6 is 11.6 Å². The van der Waals surface area contributed by atoms with Crippen molar-refractivity contribution in [2.45, 2.75) is 25.9 Å². The molecule has 2 atom stereocenters. The summed E-state index contributed by atoms with van der Waals surface area (Å²) in [7, 11) is 1.36. The van der Waals surface area contributed by atoms with Gasteiger partial charge in [-0.3, -0.25) is 9.59 Å². The Labute approximate surface area is 166 Å². The molecule has 1 aromatic rings. The molecule has 0 bridgehead atoms. The third-order valence-corrected chi connectivity index (χ3v) is 5.07. The van der Waals surface area contributed by atoms with Crippen LogP contribution in [0.3, 0.4) is 0 Å². The SMILES string of the molecule is C=C1C(=O)[C@@]2(OC/C(Cl)=C(c3nc(C)no3)\C=C/1OC)C(O)=CC(=O)C[C@H]2C. The Morgan fingerprint density at radius 3 is 2.68 bits per heavy atom. The van der Waals surface area contributed by atoms with Crippen LogP contribution in [0.25, 0.3) is 5.57 Å². The summed E-state index contributed by atoms with van der Waals surface area (Å²) in [6.45, 7) is 6.85. The number of allylic oxidation sites excluding steroid dienone is 4. The zero-order valence-corrected chi connectivity index (χ0v) is 16.4. The molecule has 3 rings (SSSR count). The van der Waals surface area contributed by atoms with Crippen LogP contribution in [0.4, 0.5) is 0 Å². The molecule has 1 aliphatic carbocycles. The second-order valence-corrected chi connectivity index (χ2v) is 7.07. The number of ketones is 2. The average Bonchev–Trinajstić information content (AvgIpc) is 3.07. The van der Waals surface area contributed by atoms with Gasteiger partial charge in [-0.1, -0.05) is 30.3 Å². The number of halogens is 1. The maximum absolute atomic E-state index is 13.3. The third-order valence-electron chi connectivity index (χ3n) is 4.76. The predicted octanol–water partition coefficient (Wildman–Crippen LogP) is 2.80. The zero-order chi connectivity index (χ0) is 20.6. The van der Waals surface area contributed by atoms with E-state index in [1.165, 1.54) is 13.2 Å². The first-order valence-corrected chi connectivity index (χ1v) is 8.85. The van der Waals surface area contributed by atoms with Gasteiger partial charge in [0, 0.05) is 18.4 Å². The highest BCUT2D eigenvalue weighted by Crippen LogP contribution is 2.41. The molecule has 8 nitrogen and oxygen atoms in total. The summed E-state index contributed by atoms with van der Waals surface area (Å²) in [6.07, 6.45) is 2.47. The number of ether oxygens (including phenoxy) is 2. The molecule has 0 amide bonds. The molecule has 2 heterocycles. The van der Waals surface area contributed by atoms with Gasteiger partial charge in [-0.2, -0.15) is 4.98 Å². The van der Waals surface area contributed by atoms with Crippen LogP contribution in [0, 0.1) is 12.8 Å². The summed E-state index contributed by atoms with van der Waals surface area (Å²) >= 11 is 6.44. The first-order chi connectivity index (χ1) is 13.2. The molecule has 28 heavy (non-hydrogen) atoms. The molecular weight excluding hydrogens is 388 g/mol. The molecule has 0 saturated heterocycles. The minimum Gasteiger partial charge on any atom is -0.509 e. The monoisotopic (exact) mass is 406 g/mol. The quantitative estimate of drug-likeness (QED) is 0.746. The fraction of sp³-hybridized carbons (Fsp3) is 0.368. The lowest BCUT2D eigenvalue weighted by molar-refractivity contribution is -0.148. The molecule has 0 fully saturated rings. The number of carbonyl (C=O) groups excluding carboxylic acids is 2. The molecular formula is C19H19ClN2O6. The number of Topliss-reactive ketones (excluding diaryl/α,β-unsaturated/α-hetero) is 1. The standard InChI is InChI=1S/C19H19ClN2O6/c1-9-5-12(23)6-16(24)19(9)17(25)10(2)15(26-4)7-13(14(20)8-27-19)18-21-11(3)22-28-18/h6-7,9,24H,2,5,8H2,1,3-4H3/b14-13-,15-7+/t9-,19+/m1/s1. The number of rotatable bonds is 2. The molecule has 0 radical (unpaired) electrons. The van der Waals surface area contributed by atoms with Gasteiger partial charge in [-0.25, -0.2) is 0 Å². The Balaban J connectivity index is 2.19. The molecule has 0 aromatic carbocycles. The highest BCUT2D eigenvalue weighted by Gasteiger charge is 2.53. The fourth-order valence-corrected chi connectivity index (χ4v) is 3.48. The topological polar surface area (TPSA) is 112 Å². The van der Waals surface area contributed by atoms with E-state index in [0.717, 1.165) is 6.08 Å². The number of carbonyl (C=O) groups is 2. The van der Waals surface area contributed by atoms with E-state index >= 15 is 0 Å². The molecule has 1 N–H and O–H groups in total. The van der Waals surface area contributed by atoms with Crippen molar-refractivity contribution in [3.8, 4) is 0 Å². The largest absolute Gasteiger partial charge is 0.509 e. The Hall–Kier alpha value is -2.71. The van der Waals surface area contributed by atoms with E-state index < -0.39 is 23.1 Å². The van der Waals surface area contributed by atoms with Crippen LogP contribution in [-0.4, -0.2) is 46.1 Å². The van der Waals surface area contributed by atoms with E-state index in [4.69, 9.17) is 25.6 Å². The van der Waals surface area contributed by atoms with Gasteiger partial charge in [0.1, 0.15) is 11.5 Å². The van der Waals surface area contributed by atoms with Crippen LogP contribution in [0.1, 0.15) is 25.1 Å². The van der Waals surface area contributed by atoms with Gasteiger partial charge in [-0.15, -0.1) is 0 Å². The van der Waals surface area contributed by atoms with Crippen LogP contribution in [0.2, 0.25) is 0 Å². The Bertz CT molecular complexity index is 957. The zero-order valence-electron chi connectivity index (χ0n) is 15.6. The number of aliphatic hydroxyl groups is 1. The molecule has 1 spiro atoms. The summed E-state index contributed by atoms with van der Waals surface area (Å²) in [5.41, 5.74) is -1.56. The Kier molecular flexibility index (Phi) is 5.27. The lowest BCUT2D eigenvalue weighted by atomic mass is 9.74. The van der Waals surface area contributed by atoms with Gasteiger partial charge in [0.15, 0.2) is 17.2 Å². The molecule has 1 aliphatic heterocycles. The minimum absolute atomic E-state index is 0.0200. The van der Waals surface area contributed by atoms with Crippen molar-refractivity contribution >= 4 is 28.7 Å². The maximum Gasteiger partial charge on any atom is 0.259 e. The van der Waals surface area contributed by atoms with E-state index in [-0.39, 0.29) is 41.1 Å². The summed E-state index contributed by atoms with van der Waals surface area (Å²) in [5.74, 6) is -1.46. The number of hydrogen-bond donors (Lipinski definition) is 1. The number of methoxy groups -OCH3 is 1. The lowest BCUT2D eigenvalue weighted by Gasteiger charge is -2.39. The van der Waals surface area contributed by atoms with E-state index in [0.29, 0.717) is 11.4 Å². The van der Waals surface area contributed by atoms with E-state index in [2.05, 4.69) is 16.7 Å². The van der Waals surface area contributed by atoms with Crippen molar-refractivity contribution in [1.29, 1.82) is 0 Å². The molecule has 1 aromatic heterocycles. The minimum atomic E-state index is -1.80. The molecule has 0 unspecified atom stereocenters. The van der Waals surface area contributed by atoms with Crippen LogP contribution < -0.4 is 0 Å². The van der Waals surface area contributed by atoms with E-state index in [1.807, 2.05) is 0 Å². The highest BCUT2D eigenvalue weighted by molar-refractivity contribution is 6.33. The van der Waals surface area contributed by atoms with Gasteiger partial charge in [0.2, 0.25) is 5.78 Å². The first-order valence-electron chi connectivity index (χ1n) is 8.47. The Morgan fingerprint density at radius 2 is 2.11 bits per heavy atom. The van der Waals surface area contributed by atoms with Crippen LogP contribution in [-0.2, 0) is 19.1 Å². The van der Waals surface area contributed by atoms with Crippen LogP contribution in [0.15, 0.2) is 45.4 Å².